The highest BCUT2D eigenvalue weighted by Gasteiger charge is 2.53. The van der Waals surface area contributed by atoms with Crippen molar-refractivity contribution in [2.45, 2.75) is 141 Å². The average Bonchev–Trinajstić information content (AvgIpc) is 1.62. The number of aliphatic hydroxyl groups is 5. The molecule has 4 amide bonds. The molecule has 2 saturated heterocycles. The molecule has 0 aromatic carbocycles. The summed E-state index contributed by atoms with van der Waals surface area (Å²) >= 11 is 1.65. The van der Waals surface area contributed by atoms with E-state index >= 15 is 0 Å². The first-order valence-corrected chi connectivity index (χ1v) is 43.1. The molecule has 632 valence electrons. The number of aromatic nitrogens is 8. The Kier molecular flexibility index (Phi) is 35.3. The molecule has 0 spiro atoms. The van der Waals surface area contributed by atoms with Gasteiger partial charge in [0.2, 0.25) is 23.6 Å². The molecule has 4 aromatic rings. The van der Waals surface area contributed by atoms with Crippen molar-refractivity contribution in [3.63, 3.8) is 0 Å². The van der Waals surface area contributed by atoms with Crippen LogP contribution >= 0.6 is 70.5 Å². The lowest BCUT2D eigenvalue weighted by Gasteiger charge is -2.30. The number of carboxylic acids is 1. The quantitative estimate of drug-likeness (QED) is 0.0119. The van der Waals surface area contributed by atoms with Crippen molar-refractivity contribution in [3.05, 3.63) is 25.3 Å². The largest absolute Gasteiger partial charge is 0.481 e. The van der Waals surface area contributed by atoms with Crippen LogP contribution in [0.15, 0.2) is 25.3 Å². The topological polar surface area (TPSA) is 802 Å². The van der Waals surface area contributed by atoms with E-state index < -0.39 is 199 Å². The molecule has 15 atom stereocenters. The fourth-order valence-electron chi connectivity index (χ4n) is 9.59. The summed E-state index contributed by atoms with van der Waals surface area (Å²) in [4.78, 5) is 196. The lowest BCUT2D eigenvalue weighted by molar-refractivity contribution is -0.142. The number of ketones is 1. The minimum absolute atomic E-state index is 0.0147. The predicted octanol–water partition coefficient (Wildman–Crippen LogP) is -3.08. The van der Waals surface area contributed by atoms with Gasteiger partial charge in [0, 0.05) is 67.8 Å². The number of rotatable bonds is 44. The number of thioether (sulfide) groups is 2. The van der Waals surface area contributed by atoms with E-state index in [1.807, 2.05) is 0 Å². The fourth-order valence-corrected chi connectivity index (χ4v) is 16.8. The third kappa shape index (κ3) is 31.3. The highest BCUT2D eigenvalue weighted by atomic mass is 32.2. The maximum atomic E-state index is 12.7. The maximum absolute atomic E-state index is 12.7. The number of nitrogens with zero attached hydrogens (tertiary/aromatic N) is 8. The number of nitrogen functional groups attached to an aromatic ring is 2. The van der Waals surface area contributed by atoms with Crippen molar-refractivity contribution >= 4 is 150 Å². The zero-order valence-electron chi connectivity index (χ0n) is 59.5. The van der Waals surface area contributed by atoms with Crippen molar-refractivity contribution in [1.29, 1.82) is 0 Å². The van der Waals surface area contributed by atoms with Crippen molar-refractivity contribution in [2.75, 3.05) is 75.6 Å². The minimum atomic E-state index is -5.60. The number of imidazole rings is 2. The number of hydrogen-bond acceptors (Lipinski definition) is 39. The Morgan fingerprint density at radius 3 is 1.28 bits per heavy atom. The van der Waals surface area contributed by atoms with Gasteiger partial charge in [0.1, 0.15) is 78.3 Å². The number of fused-ring (bicyclic) bond motifs is 2. The van der Waals surface area contributed by atoms with Crippen molar-refractivity contribution in [2.24, 2.45) is 10.8 Å². The highest BCUT2D eigenvalue weighted by Crippen LogP contribution is 2.63. The first-order valence-electron chi connectivity index (χ1n) is 32.1. The third-order valence-corrected chi connectivity index (χ3v) is 22.9. The minimum Gasteiger partial charge on any atom is -0.481 e. The third-order valence-electron chi connectivity index (χ3n) is 15.0. The Labute approximate surface area is 640 Å². The Bertz CT molecular complexity index is 4310. The van der Waals surface area contributed by atoms with Crippen LogP contribution in [0.3, 0.4) is 0 Å². The zero-order valence-corrected chi connectivity index (χ0v) is 66.5. The molecule has 0 radical (unpaired) electrons. The number of carbonyl (C=O) groups is 8. The number of carboxylic acid groups (broad SMARTS) is 1. The van der Waals surface area contributed by atoms with E-state index in [4.69, 9.17) is 44.1 Å². The SMILES string of the molecule is CC(=O)CC(=O)SCCNC(=O)CCNC(=O)[C@H](O)C(C)(C)COP(=O)(O)OP(=O)(O)OC[C@H]1O[C@@H](n2cnc3c(N)ncnc32)[C@H](O)[C@@H]1OP(=O)(O)O.CC(C)(COP(=O)(O)OP(=O)(O)OC[C@H]1O[C@@H](n2cnc3c(N)ncnc32)[C@H](O)[C@@H]1OP(=O)(O)O)[C@@H](O)C(=O)NCCC(=O)NCCSC(=O)C[C@@](C)(O)CC(=O)O. The number of aliphatic carboxylic acids is 1. The molecule has 2 fully saturated rings. The number of aliphatic hydroxyl groups excluding tert-OH is 4. The van der Waals surface area contributed by atoms with Gasteiger partial charge < -0.3 is 112 Å². The Balaban J connectivity index is 0.000000401. The van der Waals surface area contributed by atoms with E-state index in [0.717, 1.165) is 58.0 Å². The van der Waals surface area contributed by atoms with Crippen molar-refractivity contribution in [3.8, 4) is 0 Å². The molecule has 6 rings (SSSR count). The van der Waals surface area contributed by atoms with Gasteiger partial charge in [0.05, 0.1) is 57.5 Å². The van der Waals surface area contributed by atoms with Gasteiger partial charge in [0.15, 0.2) is 45.6 Å². The van der Waals surface area contributed by atoms with E-state index in [2.05, 4.69) is 68.8 Å². The molecular weight excluding hydrogens is 1680 g/mol. The number of ether oxygens (including phenoxy) is 2. The number of Topliss-reactive ketones (excluding diaryl/α,β-unsaturated/α-hetero) is 1. The number of phosphoric ester groups is 6. The molecule has 0 bridgehead atoms. The van der Waals surface area contributed by atoms with Gasteiger partial charge in [-0.1, -0.05) is 51.2 Å². The number of carbonyl (C=O) groups excluding carboxylic acids is 7. The molecule has 4 unspecified atom stereocenters. The molecule has 2 aliphatic rings. The number of amides is 4. The summed E-state index contributed by atoms with van der Waals surface area (Å²) in [6.07, 6.45) is -15.5. The summed E-state index contributed by atoms with van der Waals surface area (Å²) in [5.74, 6) is -4.42. The lowest BCUT2D eigenvalue weighted by Crippen LogP contribution is -2.46. The molecule has 0 saturated carbocycles. The van der Waals surface area contributed by atoms with Gasteiger partial charge in [0.25, 0.3) is 0 Å². The van der Waals surface area contributed by atoms with Gasteiger partial charge in [-0.3, -0.25) is 74.6 Å². The summed E-state index contributed by atoms with van der Waals surface area (Å²) in [7, 11) is -32.9. The molecule has 6 heterocycles. The molecule has 0 aliphatic carbocycles. The van der Waals surface area contributed by atoms with Crippen molar-refractivity contribution < 1.29 is 181 Å². The van der Waals surface area contributed by atoms with Crippen LogP contribution in [0.5, 0.6) is 0 Å². The van der Waals surface area contributed by atoms with Crippen LogP contribution < -0.4 is 32.7 Å². The molecule has 112 heavy (non-hydrogen) atoms. The monoisotopic (exact) mass is 1760 g/mol. The molecule has 22 N–H and O–H groups in total. The molecule has 52 nitrogen and oxygen atoms in total. The summed E-state index contributed by atoms with van der Waals surface area (Å²) in [6, 6.07) is 0. The fraction of sp³-hybridized carbons (Fsp3) is 0.654. The molecule has 2 aliphatic heterocycles. The summed E-state index contributed by atoms with van der Waals surface area (Å²) in [5.41, 5.74) is 6.66. The summed E-state index contributed by atoms with van der Waals surface area (Å²) < 4.78 is 124. The number of hydrogen-bond donors (Lipinski definition) is 20. The Morgan fingerprint density at radius 1 is 0.554 bits per heavy atom. The average molecular weight is 1760 g/mol. The second kappa shape index (κ2) is 40.9. The van der Waals surface area contributed by atoms with Crippen LogP contribution in [-0.4, -0.2) is 273 Å². The van der Waals surface area contributed by atoms with E-state index in [1.165, 1.54) is 41.5 Å². The number of phosphoric acid groups is 6. The second-order valence-corrected chi connectivity index (χ2v) is 36.5. The van der Waals surface area contributed by atoms with Crippen molar-refractivity contribution in [1.82, 2.24) is 60.3 Å². The molecule has 4 aromatic heterocycles. The van der Waals surface area contributed by atoms with Crippen LogP contribution in [0.4, 0.5) is 11.6 Å². The van der Waals surface area contributed by atoms with Crippen LogP contribution in [0.2, 0.25) is 0 Å². The van der Waals surface area contributed by atoms with Crippen LogP contribution in [-0.2, 0) is 111 Å². The molecular formula is C52H84N14O38P6S2. The van der Waals surface area contributed by atoms with E-state index in [9.17, 15) is 130 Å². The standard InChI is InChI=1S/C27H44N7O20P3S.C25H40N7O18P3S/c1-26(2,21(40)24(41)30-5-4-15(35)29-6-7-58-17(38)9-27(3,42)8-16(36)37)11-51-57(48,49)54-56(46,47)50-10-14-20(53-55(43,44)45)19(39)25(52-14)34-13-33-18-22(28)31-12-32-23(18)34;1-13(33)8-16(35)54-7-6-27-15(34)4-5-28-23(38)20(37)25(2,3)10-47-53(44,45)50-52(42,43)46-9-14-19(49-51(39,40)41)18(36)24(48-14)32-12-31-17-21(26)29-11-30-22(17)32/h12-14,19-21,25,39-40,42H,4-11H2,1-3H3,(H,29,35)(H,30,41)(H,36,37)(H,46,47)(H,48,49)(H2,28,31,32)(H2,43,44,45);11-12,14,18-20,24,36-37H,4-10H2,1-3H3,(H,27,34)(H,28,38)(H,42,43)(H,44,45)(H2,26,29,30)(H2,39,40,41)/t14-,19-,20-,21+,25-,27+;14-,18-,19-,20+,24-/m11/s1. The smallest absolute Gasteiger partial charge is 0.481 e. The van der Waals surface area contributed by atoms with E-state index in [-0.39, 0.29) is 102 Å². The Hall–Kier alpha value is -5.78. The van der Waals surface area contributed by atoms with Gasteiger partial charge in [-0.2, -0.15) is 8.62 Å². The van der Waals surface area contributed by atoms with Gasteiger partial charge in [-0.15, -0.1) is 0 Å². The maximum Gasteiger partial charge on any atom is 0.481 e. The highest BCUT2D eigenvalue weighted by molar-refractivity contribution is 8.13. The van der Waals surface area contributed by atoms with Gasteiger partial charge in [-0.05, 0) is 13.8 Å². The molecule has 60 heteroatoms. The number of nitrogens with two attached hydrogens (primary N) is 2. The van der Waals surface area contributed by atoms with E-state index in [1.54, 1.807) is 0 Å². The lowest BCUT2D eigenvalue weighted by atomic mass is 9.87. The Morgan fingerprint density at radius 2 is 0.920 bits per heavy atom. The van der Waals surface area contributed by atoms with E-state index in [0.29, 0.717) is 0 Å². The second-order valence-electron chi connectivity index (χ2n) is 25.7. The van der Waals surface area contributed by atoms with Crippen LogP contribution in [0.25, 0.3) is 22.3 Å². The van der Waals surface area contributed by atoms with Gasteiger partial charge >= 0.3 is 52.9 Å². The number of nitrogens with one attached hydrogen (secondary N) is 4. The summed E-state index contributed by atoms with van der Waals surface area (Å²) in [5, 5.41) is 70.2. The van der Waals surface area contributed by atoms with Crippen LogP contribution in [0.1, 0.15) is 86.1 Å². The predicted molar refractivity (Wildman–Crippen MR) is 377 cm³/mol. The number of anilines is 2. The first kappa shape index (κ1) is 96.8. The summed E-state index contributed by atoms with van der Waals surface area (Å²) in [6.45, 7) is 2.87. The first-order chi connectivity index (χ1) is 51.5. The van der Waals surface area contributed by atoms with Crippen LogP contribution in [0, 0.1) is 10.8 Å². The zero-order chi connectivity index (χ0) is 84.5. The van der Waals surface area contributed by atoms with Gasteiger partial charge in [-0.25, -0.2) is 57.3 Å². The normalized spacial score (nSPS) is 22.2.